The molecular weight excluding hydrogens is 252 g/mol. The van der Waals surface area contributed by atoms with Gasteiger partial charge in [-0.05, 0) is 19.4 Å². The molecule has 1 saturated heterocycles. The fraction of sp³-hybridized carbons (Fsp3) is 0.727. The van der Waals surface area contributed by atoms with Gasteiger partial charge in [-0.3, -0.25) is 5.10 Å². The molecule has 0 aliphatic carbocycles. The molecule has 1 aromatic heterocycles. The zero-order chi connectivity index (χ0) is 13.2. The smallest absolute Gasteiger partial charge is 0.260 e. The molecule has 0 spiro atoms. The van der Waals surface area contributed by atoms with E-state index >= 15 is 0 Å². The minimum absolute atomic E-state index is 0.230. The van der Waals surface area contributed by atoms with E-state index < -0.39 is 10.0 Å². The van der Waals surface area contributed by atoms with E-state index in [1.165, 1.54) is 0 Å². The van der Waals surface area contributed by atoms with Crippen molar-refractivity contribution in [1.82, 2.24) is 19.8 Å². The number of aromatic nitrogens is 2. The fourth-order valence-corrected chi connectivity index (χ4v) is 3.95. The lowest BCUT2D eigenvalue weighted by Gasteiger charge is -2.16. The predicted molar refractivity (Wildman–Crippen MR) is 68.5 cm³/mol. The first kappa shape index (κ1) is 13.5. The topological polar surface area (TPSA) is 78.1 Å². The van der Waals surface area contributed by atoms with E-state index in [9.17, 15) is 8.42 Å². The maximum absolute atomic E-state index is 12.5. The summed E-state index contributed by atoms with van der Waals surface area (Å²) in [6.45, 7) is 3.83. The van der Waals surface area contributed by atoms with E-state index in [2.05, 4.69) is 22.4 Å². The Morgan fingerprint density at radius 1 is 1.61 bits per heavy atom. The Labute approximate surface area is 108 Å². The molecule has 1 aliphatic heterocycles. The standard InChI is InChI=1S/C11H20N4O2S/c1-3-9-4-5-15(8-9)18(16,17)11-10(6-12-2)7-13-14-11/h7,9,12H,3-6,8H2,1-2H3,(H,13,14). The molecule has 0 bridgehead atoms. The highest BCUT2D eigenvalue weighted by molar-refractivity contribution is 7.89. The van der Waals surface area contributed by atoms with Gasteiger partial charge < -0.3 is 5.32 Å². The molecular formula is C11H20N4O2S. The van der Waals surface area contributed by atoms with Gasteiger partial charge in [-0.15, -0.1) is 0 Å². The molecule has 7 heteroatoms. The van der Waals surface area contributed by atoms with Crippen molar-refractivity contribution in [3.63, 3.8) is 0 Å². The first-order valence-electron chi connectivity index (χ1n) is 6.26. The summed E-state index contributed by atoms with van der Waals surface area (Å²) >= 11 is 0. The number of nitrogens with one attached hydrogen (secondary N) is 2. The summed E-state index contributed by atoms with van der Waals surface area (Å²) in [5.41, 5.74) is 0.692. The average molecular weight is 272 g/mol. The lowest BCUT2D eigenvalue weighted by Crippen LogP contribution is -2.30. The molecule has 1 aliphatic rings. The van der Waals surface area contributed by atoms with E-state index in [1.54, 1.807) is 17.5 Å². The van der Waals surface area contributed by atoms with Gasteiger partial charge in [-0.25, -0.2) is 8.42 Å². The number of hydrogen-bond donors (Lipinski definition) is 2. The van der Waals surface area contributed by atoms with Crippen LogP contribution in [-0.4, -0.2) is 43.1 Å². The van der Waals surface area contributed by atoms with Crippen LogP contribution in [0.25, 0.3) is 0 Å². The van der Waals surface area contributed by atoms with Crippen molar-refractivity contribution in [1.29, 1.82) is 0 Å². The minimum Gasteiger partial charge on any atom is -0.316 e. The van der Waals surface area contributed by atoms with Gasteiger partial charge in [-0.2, -0.15) is 9.40 Å². The van der Waals surface area contributed by atoms with Gasteiger partial charge in [0.2, 0.25) is 0 Å². The molecule has 0 radical (unpaired) electrons. The molecule has 2 heterocycles. The Bertz CT molecular complexity index is 497. The van der Waals surface area contributed by atoms with Gasteiger partial charge in [-0.1, -0.05) is 13.3 Å². The highest BCUT2D eigenvalue weighted by Crippen LogP contribution is 2.26. The van der Waals surface area contributed by atoms with E-state index in [0.29, 0.717) is 31.1 Å². The second-order valence-corrected chi connectivity index (χ2v) is 6.56. The van der Waals surface area contributed by atoms with Crippen LogP contribution in [-0.2, 0) is 16.6 Å². The fourth-order valence-electron chi connectivity index (χ4n) is 2.32. The van der Waals surface area contributed by atoms with E-state index in [0.717, 1.165) is 12.8 Å². The lowest BCUT2D eigenvalue weighted by atomic mass is 10.1. The number of nitrogens with zero attached hydrogens (tertiary/aromatic N) is 2. The van der Waals surface area contributed by atoms with E-state index in [-0.39, 0.29) is 5.03 Å². The van der Waals surface area contributed by atoms with Crippen molar-refractivity contribution in [3.8, 4) is 0 Å². The highest BCUT2D eigenvalue weighted by Gasteiger charge is 2.34. The third kappa shape index (κ3) is 2.43. The number of rotatable bonds is 5. The number of sulfonamides is 1. The van der Waals surface area contributed by atoms with Crippen LogP contribution < -0.4 is 5.32 Å². The summed E-state index contributed by atoms with van der Waals surface area (Å²) in [7, 11) is -1.63. The Kier molecular flexibility index (Phi) is 4.04. The number of hydrogen-bond acceptors (Lipinski definition) is 4. The van der Waals surface area contributed by atoms with Crippen LogP contribution in [0, 0.1) is 5.92 Å². The first-order valence-corrected chi connectivity index (χ1v) is 7.70. The van der Waals surface area contributed by atoms with E-state index in [4.69, 9.17) is 0 Å². The summed E-state index contributed by atoms with van der Waals surface area (Å²) in [6, 6.07) is 0. The SMILES string of the molecule is CCC1CCN(S(=O)(=O)c2[nH]ncc2CNC)C1. The maximum Gasteiger partial charge on any atom is 0.260 e. The van der Waals surface area contributed by atoms with Gasteiger partial charge >= 0.3 is 0 Å². The largest absolute Gasteiger partial charge is 0.316 e. The van der Waals surface area contributed by atoms with Crippen LogP contribution in [0.4, 0.5) is 0 Å². The molecule has 1 aromatic rings. The zero-order valence-corrected chi connectivity index (χ0v) is 11.6. The average Bonchev–Trinajstić information content (AvgIpc) is 2.97. The van der Waals surface area contributed by atoms with Crippen LogP contribution in [0.15, 0.2) is 11.2 Å². The van der Waals surface area contributed by atoms with Crippen LogP contribution in [0.2, 0.25) is 0 Å². The molecule has 1 atom stereocenters. The molecule has 1 fully saturated rings. The van der Waals surface area contributed by atoms with Gasteiger partial charge in [0.25, 0.3) is 10.0 Å². The maximum atomic E-state index is 12.5. The molecule has 2 N–H and O–H groups in total. The van der Waals surface area contributed by atoms with Crippen LogP contribution in [0.1, 0.15) is 25.3 Å². The van der Waals surface area contributed by atoms with Gasteiger partial charge in [0.1, 0.15) is 0 Å². The molecule has 0 amide bonds. The van der Waals surface area contributed by atoms with Crippen LogP contribution >= 0.6 is 0 Å². The highest BCUT2D eigenvalue weighted by atomic mass is 32.2. The summed E-state index contributed by atoms with van der Waals surface area (Å²) in [5.74, 6) is 0.482. The Balaban J connectivity index is 2.23. The van der Waals surface area contributed by atoms with Crippen LogP contribution in [0.5, 0.6) is 0 Å². The van der Waals surface area contributed by atoms with Gasteiger partial charge in [0, 0.05) is 25.2 Å². The molecule has 0 aromatic carbocycles. The molecule has 0 saturated carbocycles. The van der Waals surface area contributed by atoms with Crippen molar-refractivity contribution in [3.05, 3.63) is 11.8 Å². The summed E-state index contributed by atoms with van der Waals surface area (Å²) in [6.07, 6.45) is 3.54. The summed E-state index contributed by atoms with van der Waals surface area (Å²) < 4.78 is 26.5. The van der Waals surface area contributed by atoms with Crippen molar-refractivity contribution < 1.29 is 8.42 Å². The van der Waals surface area contributed by atoms with Crippen molar-refractivity contribution >= 4 is 10.0 Å². The van der Waals surface area contributed by atoms with Crippen molar-refractivity contribution in [2.75, 3.05) is 20.1 Å². The van der Waals surface area contributed by atoms with Crippen molar-refractivity contribution in [2.24, 2.45) is 5.92 Å². The van der Waals surface area contributed by atoms with E-state index in [1.807, 2.05) is 0 Å². The van der Waals surface area contributed by atoms with Crippen LogP contribution in [0.3, 0.4) is 0 Å². The van der Waals surface area contributed by atoms with Gasteiger partial charge in [0.15, 0.2) is 5.03 Å². The Hall–Kier alpha value is -0.920. The number of H-pyrrole nitrogens is 1. The summed E-state index contributed by atoms with van der Waals surface area (Å²) in [5, 5.41) is 9.65. The molecule has 102 valence electrons. The normalized spacial score (nSPS) is 21.6. The molecule has 6 nitrogen and oxygen atoms in total. The predicted octanol–water partition coefficient (Wildman–Crippen LogP) is 0.550. The zero-order valence-electron chi connectivity index (χ0n) is 10.8. The quantitative estimate of drug-likeness (QED) is 0.820. The number of aromatic amines is 1. The minimum atomic E-state index is -3.42. The second kappa shape index (κ2) is 5.38. The second-order valence-electron chi connectivity index (χ2n) is 4.68. The third-order valence-corrected chi connectivity index (χ3v) is 5.35. The molecule has 18 heavy (non-hydrogen) atoms. The Morgan fingerprint density at radius 3 is 3.00 bits per heavy atom. The monoisotopic (exact) mass is 272 g/mol. The molecule has 2 rings (SSSR count). The Morgan fingerprint density at radius 2 is 2.39 bits per heavy atom. The molecule has 1 unspecified atom stereocenters. The lowest BCUT2D eigenvalue weighted by molar-refractivity contribution is 0.449. The summed E-state index contributed by atoms with van der Waals surface area (Å²) in [4.78, 5) is 0. The third-order valence-electron chi connectivity index (χ3n) is 3.47. The first-order chi connectivity index (χ1) is 8.59. The van der Waals surface area contributed by atoms with Gasteiger partial charge in [0.05, 0.1) is 6.20 Å². The van der Waals surface area contributed by atoms with Crippen molar-refractivity contribution in [2.45, 2.75) is 31.3 Å².